The summed E-state index contributed by atoms with van der Waals surface area (Å²) in [4.78, 5) is 16.4. The van der Waals surface area contributed by atoms with Crippen LogP contribution in [0.3, 0.4) is 0 Å². The van der Waals surface area contributed by atoms with Crippen LogP contribution in [-0.2, 0) is 4.79 Å². The Morgan fingerprint density at radius 2 is 1.89 bits per heavy atom. The maximum absolute atomic E-state index is 12.0. The second-order valence-corrected chi connectivity index (χ2v) is 5.53. The van der Waals surface area contributed by atoms with Crippen LogP contribution in [0.5, 0.6) is 0 Å². The van der Waals surface area contributed by atoms with E-state index in [1.165, 1.54) is 0 Å². The molecule has 0 unspecified atom stereocenters. The van der Waals surface area contributed by atoms with Crippen molar-refractivity contribution in [1.29, 1.82) is 5.26 Å². The van der Waals surface area contributed by atoms with Crippen molar-refractivity contribution in [3.8, 4) is 6.07 Å². The lowest BCUT2D eigenvalue weighted by Gasteiger charge is -2.32. The first-order valence-electron chi connectivity index (χ1n) is 6.77. The average molecular weight is 250 g/mol. The predicted molar refractivity (Wildman–Crippen MR) is 68.9 cm³/mol. The Kier molecular flexibility index (Phi) is 4.20. The largest absolute Gasteiger partial charge is 0.337 e. The normalized spacial score (nSPS) is 24.7. The molecule has 5 nitrogen and oxygen atoms in total. The van der Waals surface area contributed by atoms with E-state index in [9.17, 15) is 10.1 Å². The van der Waals surface area contributed by atoms with Crippen molar-refractivity contribution in [1.82, 2.24) is 15.1 Å². The third-order valence-corrected chi connectivity index (χ3v) is 4.01. The van der Waals surface area contributed by atoms with Crippen molar-refractivity contribution in [2.45, 2.75) is 31.2 Å². The van der Waals surface area contributed by atoms with E-state index in [0.29, 0.717) is 6.54 Å². The van der Waals surface area contributed by atoms with Crippen molar-refractivity contribution in [2.75, 3.05) is 39.8 Å². The molecule has 0 aromatic carbocycles. The third-order valence-electron chi connectivity index (χ3n) is 4.01. The van der Waals surface area contributed by atoms with Crippen LogP contribution in [-0.4, -0.2) is 61.0 Å². The van der Waals surface area contributed by atoms with Gasteiger partial charge in [0, 0.05) is 26.2 Å². The van der Waals surface area contributed by atoms with Gasteiger partial charge in [-0.25, -0.2) is 0 Å². The van der Waals surface area contributed by atoms with Gasteiger partial charge in [-0.05, 0) is 32.7 Å². The molecule has 2 fully saturated rings. The fourth-order valence-corrected chi connectivity index (χ4v) is 2.76. The first kappa shape index (κ1) is 13.3. The standard InChI is InChI=1S/C13H22N4O/c1-16-6-8-17(9-7-16)10-12(18)15-13(11-14)4-2-3-5-13/h2-10H2,1H3,(H,15,18). The smallest absolute Gasteiger partial charge is 0.235 e. The number of amides is 1. The minimum Gasteiger partial charge on any atom is -0.337 e. The summed E-state index contributed by atoms with van der Waals surface area (Å²) in [6, 6.07) is 2.29. The molecule has 1 aliphatic carbocycles. The zero-order chi connectivity index (χ0) is 13.0. The minimum atomic E-state index is -0.580. The van der Waals surface area contributed by atoms with E-state index < -0.39 is 5.54 Å². The molecule has 0 bridgehead atoms. The van der Waals surface area contributed by atoms with Gasteiger partial charge in [0.05, 0.1) is 12.6 Å². The highest BCUT2D eigenvalue weighted by Gasteiger charge is 2.35. The van der Waals surface area contributed by atoms with E-state index in [-0.39, 0.29) is 5.91 Å². The van der Waals surface area contributed by atoms with Crippen LogP contribution in [0.25, 0.3) is 0 Å². The number of carbonyl (C=O) groups is 1. The lowest BCUT2D eigenvalue weighted by atomic mass is 10.00. The molecular formula is C13H22N4O. The number of hydrogen-bond acceptors (Lipinski definition) is 4. The summed E-state index contributed by atoms with van der Waals surface area (Å²) in [6.45, 7) is 4.32. The summed E-state index contributed by atoms with van der Waals surface area (Å²) in [5, 5.41) is 12.2. The molecular weight excluding hydrogens is 228 g/mol. The Morgan fingerprint density at radius 1 is 1.28 bits per heavy atom. The van der Waals surface area contributed by atoms with Crippen molar-refractivity contribution < 1.29 is 4.79 Å². The van der Waals surface area contributed by atoms with Crippen LogP contribution in [0.2, 0.25) is 0 Å². The number of likely N-dealkylation sites (N-methyl/N-ethyl adjacent to an activating group) is 1. The zero-order valence-corrected chi connectivity index (χ0v) is 11.1. The second kappa shape index (κ2) is 5.68. The number of nitriles is 1. The summed E-state index contributed by atoms with van der Waals surface area (Å²) < 4.78 is 0. The number of nitrogens with one attached hydrogen (secondary N) is 1. The van der Waals surface area contributed by atoms with E-state index >= 15 is 0 Å². The Balaban J connectivity index is 1.80. The van der Waals surface area contributed by atoms with E-state index in [2.05, 4.69) is 28.2 Å². The molecule has 1 aliphatic heterocycles. The van der Waals surface area contributed by atoms with Crippen LogP contribution in [0, 0.1) is 11.3 Å². The van der Waals surface area contributed by atoms with Gasteiger partial charge in [0.25, 0.3) is 0 Å². The summed E-state index contributed by atoms with van der Waals surface area (Å²) >= 11 is 0. The Bertz CT molecular complexity index is 335. The first-order valence-corrected chi connectivity index (χ1v) is 6.77. The molecule has 5 heteroatoms. The quantitative estimate of drug-likeness (QED) is 0.776. The van der Waals surface area contributed by atoms with Crippen LogP contribution >= 0.6 is 0 Å². The van der Waals surface area contributed by atoms with Gasteiger partial charge in [-0.2, -0.15) is 5.26 Å². The Hall–Kier alpha value is -1.12. The molecule has 0 atom stereocenters. The fraction of sp³-hybridized carbons (Fsp3) is 0.846. The van der Waals surface area contributed by atoms with Gasteiger partial charge >= 0.3 is 0 Å². The van der Waals surface area contributed by atoms with Crippen molar-refractivity contribution in [2.24, 2.45) is 0 Å². The predicted octanol–water partition coefficient (Wildman–Crippen LogP) is 0.186. The maximum Gasteiger partial charge on any atom is 0.235 e. The molecule has 1 N–H and O–H groups in total. The lowest BCUT2D eigenvalue weighted by molar-refractivity contribution is -0.124. The molecule has 0 radical (unpaired) electrons. The molecule has 100 valence electrons. The van der Waals surface area contributed by atoms with Gasteiger partial charge < -0.3 is 10.2 Å². The number of nitrogens with zero attached hydrogens (tertiary/aromatic N) is 3. The Labute approximate surface area is 109 Å². The molecule has 18 heavy (non-hydrogen) atoms. The summed E-state index contributed by atoms with van der Waals surface area (Å²) in [7, 11) is 2.10. The van der Waals surface area contributed by atoms with E-state index in [4.69, 9.17) is 0 Å². The van der Waals surface area contributed by atoms with Crippen molar-refractivity contribution >= 4 is 5.91 Å². The summed E-state index contributed by atoms with van der Waals surface area (Å²) in [6.07, 6.45) is 3.70. The number of piperazine rings is 1. The Morgan fingerprint density at radius 3 is 2.44 bits per heavy atom. The first-order chi connectivity index (χ1) is 8.63. The van der Waals surface area contributed by atoms with Crippen LogP contribution in [0.4, 0.5) is 0 Å². The van der Waals surface area contributed by atoms with Crippen molar-refractivity contribution in [3.05, 3.63) is 0 Å². The van der Waals surface area contributed by atoms with Gasteiger partial charge in [0.2, 0.25) is 5.91 Å². The molecule has 0 aromatic rings. The number of rotatable bonds is 3. The molecule has 0 aromatic heterocycles. The van der Waals surface area contributed by atoms with Crippen LogP contribution in [0.1, 0.15) is 25.7 Å². The van der Waals surface area contributed by atoms with Gasteiger partial charge in [-0.15, -0.1) is 0 Å². The second-order valence-electron chi connectivity index (χ2n) is 5.53. The number of carbonyl (C=O) groups excluding carboxylic acids is 1. The zero-order valence-electron chi connectivity index (χ0n) is 11.1. The molecule has 1 heterocycles. The molecule has 1 amide bonds. The van der Waals surface area contributed by atoms with E-state index in [0.717, 1.165) is 51.9 Å². The van der Waals surface area contributed by atoms with Crippen LogP contribution < -0.4 is 5.32 Å². The molecule has 0 spiro atoms. The summed E-state index contributed by atoms with van der Waals surface area (Å²) in [5.74, 6) is 0.00278. The van der Waals surface area contributed by atoms with E-state index in [1.807, 2.05) is 0 Å². The molecule has 1 saturated heterocycles. The average Bonchev–Trinajstić information content (AvgIpc) is 2.81. The van der Waals surface area contributed by atoms with E-state index in [1.54, 1.807) is 0 Å². The molecule has 2 rings (SSSR count). The van der Waals surface area contributed by atoms with Crippen LogP contribution in [0.15, 0.2) is 0 Å². The highest BCUT2D eigenvalue weighted by atomic mass is 16.2. The van der Waals surface area contributed by atoms with Crippen molar-refractivity contribution in [3.63, 3.8) is 0 Å². The summed E-state index contributed by atoms with van der Waals surface area (Å²) in [5.41, 5.74) is -0.580. The molecule has 2 aliphatic rings. The SMILES string of the molecule is CN1CCN(CC(=O)NC2(C#N)CCCC2)CC1. The topological polar surface area (TPSA) is 59.4 Å². The monoisotopic (exact) mass is 250 g/mol. The highest BCUT2D eigenvalue weighted by Crippen LogP contribution is 2.28. The minimum absolute atomic E-state index is 0.00278. The highest BCUT2D eigenvalue weighted by molar-refractivity contribution is 5.79. The fourth-order valence-electron chi connectivity index (χ4n) is 2.76. The maximum atomic E-state index is 12.0. The van der Waals surface area contributed by atoms with Gasteiger partial charge in [0.1, 0.15) is 5.54 Å². The third kappa shape index (κ3) is 3.21. The van der Waals surface area contributed by atoms with Gasteiger partial charge in [-0.3, -0.25) is 9.69 Å². The van der Waals surface area contributed by atoms with Gasteiger partial charge in [0.15, 0.2) is 0 Å². The lowest BCUT2D eigenvalue weighted by Crippen LogP contribution is -2.52. The molecule has 1 saturated carbocycles. The van der Waals surface area contributed by atoms with Gasteiger partial charge in [-0.1, -0.05) is 0 Å². The number of hydrogen-bond donors (Lipinski definition) is 1.